The van der Waals surface area contributed by atoms with E-state index in [1.165, 1.54) is 28.1 Å². The predicted octanol–water partition coefficient (Wildman–Crippen LogP) is 4.09. The van der Waals surface area contributed by atoms with Gasteiger partial charge in [-0.05, 0) is 37.3 Å². The second kappa shape index (κ2) is 15.6. The zero-order chi connectivity index (χ0) is 28.1. The van der Waals surface area contributed by atoms with E-state index in [9.17, 15) is 34.8 Å². The Hall–Kier alpha value is -2.59. The molecule has 2 unspecified atom stereocenters. The molecule has 0 saturated heterocycles. The number of carboxylic acids is 2. The van der Waals surface area contributed by atoms with Crippen molar-refractivity contribution in [2.24, 2.45) is 0 Å². The smallest absolute Gasteiger partial charge is 0.307 e. The Morgan fingerprint density at radius 1 is 0.703 bits per heavy atom. The number of hydrogen-bond acceptors (Lipinski definition) is 8. The fourth-order valence-electron chi connectivity index (χ4n) is 5.03. The fourth-order valence-corrected chi connectivity index (χ4v) is 5.03. The molecule has 0 radical (unpaired) electrons. The van der Waals surface area contributed by atoms with Crippen LogP contribution in [0.3, 0.4) is 0 Å². The lowest BCUT2D eigenvalue weighted by Crippen LogP contribution is -2.50. The van der Waals surface area contributed by atoms with Crippen LogP contribution in [0.2, 0.25) is 0 Å². The van der Waals surface area contributed by atoms with Crippen molar-refractivity contribution in [3.8, 4) is 0 Å². The Morgan fingerprint density at radius 2 is 1.11 bits per heavy atom. The zero-order valence-electron chi connectivity index (χ0n) is 22.6. The highest BCUT2D eigenvalue weighted by atomic mass is 16.5. The molecule has 0 fully saturated rings. The summed E-state index contributed by atoms with van der Waals surface area (Å²) in [7, 11) is 2.43. The van der Waals surface area contributed by atoms with E-state index in [1.807, 2.05) is 0 Å². The zero-order valence-corrected chi connectivity index (χ0v) is 22.6. The summed E-state index contributed by atoms with van der Waals surface area (Å²) in [5.41, 5.74) is -3.70. The monoisotopic (exact) mass is 528 g/mol. The average Bonchev–Trinajstić information content (AvgIpc) is 2.80. The molecule has 1 aliphatic carbocycles. The average molecular weight is 529 g/mol. The SMILES string of the molecule is COC1=C(OC)C(O)(CC(=O)O)C(CCCCCCCCCCCCOC(C)=O)=C(C)C1(O)CC(=O)O. The Labute approximate surface area is 219 Å². The third-order valence-corrected chi connectivity index (χ3v) is 6.88. The molecule has 1 aliphatic rings. The summed E-state index contributed by atoms with van der Waals surface area (Å²) in [6.45, 7) is 3.39. The molecule has 37 heavy (non-hydrogen) atoms. The normalized spacial score (nSPS) is 21.7. The minimum Gasteiger partial charge on any atom is -0.494 e. The first kappa shape index (κ1) is 32.4. The van der Waals surface area contributed by atoms with Crippen molar-refractivity contribution >= 4 is 17.9 Å². The van der Waals surface area contributed by atoms with Gasteiger partial charge in [0, 0.05) is 6.92 Å². The number of carboxylic acid groups (broad SMARTS) is 2. The second-order valence-corrected chi connectivity index (χ2v) is 9.66. The van der Waals surface area contributed by atoms with Crippen LogP contribution in [0, 0.1) is 0 Å². The number of hydrogen-bond donors (Lipinski definition) is 4. The molecule has 212 valence electrons. The lowest BCUT2D eigenvalue weighted by Gasteiger charge is -2.44. The number of ether oxygens (including phenoxy) is 3. The molecule has 0 aromatic rings. The Bertz CT molecular complexity index is 846. The van der Waals surface area contributed by atoms with Gasteiger partial charge in [-0.2, -0.15) is 0 Å². The number of aliphatic carboxylic acids is 2. The summed E-state index contributed by atoms with van der Waals surface area (Å²) in [4.78, 5) is 33.9. The molecule has 4 N–H and O–H groups in total. The van der Waals surface area contributed by atoms with Crippen molar-refractivity contribution in [3.05, 3.63) is 22.7 Å². The van der Waals surface area contributed by atoms with Gasteiger partial charge < -0.3 is 34.6 Å². The van der Waals surface area contributed by atoms with Crippen molar-refractivity contribution in [1.82, 2.24) is 0 Å². The van der Waals surface area contributed by atoms with Crippen molar-refractivity contribution in [1.29, 1.82) is 0 Å². The third-order valence-electron chi connectivity index (χ3n) is 6.88. The van der Waals surface area contributed by atoms with Gasteiger partial charge in [0.25, 0.3) is 0 Å². The number of methoxy groups -OCH3 is 2. The van der Waals surface area contributed by atoms with E-state index < -0.39 is 36.0 Å². The van der Waals surface area contributed by atoms with E-state index in [4.69, 9.17) is 14.2 Å². The van der Waals surface area contributed by atoms with Crippen molar-refractivity contribution in [2.45, 2.75) is 109 Å². The fraction of sp³-hybridized carbons (Fsp3) is 0.741. The lowest BCUT2D eigenvalue weighted by molar-refractivity contribution is -0.145. The van der Waals surface area contributed by atoms with Gasteiger partial charge in [-0.1, -0.05) is 51.4 Å². The molecule has 0 aromatic carbocycles. The number of aliphatic hydroxyl groups is 2. The number of carbonyl (C=O) groups is 3. The first-order valence-electron chi connectivity index (χ1n) is 13.0. The van der Waals surface area contributed by atoms with Gasteiger partial charge in [0.1, 0.15) is 0 Å². The first-order chi connectivity index (χ1) is 17.4. The molecule has 1 rings (SSSR count). The van der Waals surface area contributed by atoms with Crippen LogP contribution < -0.4 is 0 Å². The minimum atomic E-state index is -2.07. The molecule has 0 aliphatic heterocycles. The summed E-state index contributed by atoms with van der Waals surface area (Å²) >= 11 is 0. The van der Waals surface area contributed by atoms with Crippen LogP contribution in [0.5, 0.6) is 0 Å². The topological polar surface area (TPSA) is 160 Å². The molecule has 10 nitrogen and oxygen atoms in total. The number of esters is 1. The minimum absolute atomic E-state index is 0.171. The Balaban J connectivity index is 2.72. The van der Waals surface area contributed by atoms with Crippen LogP contribution in [-0.4, -0.2) is 70.4 Å². The highest BCUT2D eigenvalue weighted by Gasteiger charge is 2.54. The largest absolute Gasteiger partial charge is 0.494 e. The van der Waals surface area contributed by atoms with Crippen LogP contribution in [0.1, 0.15) is 97.3 Å². The molecule has 0 spiro atoms. The van der Waals surface area contributed by atoms with Gasteiger partial charge in [-0.15, -0.1) is 0 Å². The third kappa shape index (κ3) is 9.34. The molecule has 0 aromatic heterocycles. The maximum Gasteiger partial charge on any atom is 0.307 e. The maximum atomic E-state index is 11.6. The van der Waals surface area contributed by atoms with E-state index in [0.29, 0.717) is 13.0 Å². The van der Waals surface area contributed by atoms with Gasteiger partial charge in [0.2, 0.25) is 0 Å². The predicted molar refractivity (Wildman–Crippen MR) is 136 cm³/mol. The van der Waals surface area contributed by atoms with Gasteiger partial charge in [0.05, 0.1) is 33.7 Å². The highest BCUT2D eigenvalue weighted by Crippen LogP contribution is 2.48. The second-order valence-electron chi connectivity index (χ2n) is 9.66. The Kier molecular flexibility index (Phi) is 13.7. The molecular formula is C27H44O10. The molecule has 0 heterocycles. The van der Waals surface area contributed by atoms with E-state index in [-0.39, 0.29) is 35.1 Å². The summed E-state index contributed by atoms with van der Waals surface area (Å²) in [5.74, 6) is -3.37. The van der Waals surface area contributed by atoms with E-state index in [0.717, 1.165) is 57.8 Å². The summed E-state index contributed by atoms with van der Waals surface area (Å²) in [6, 6.07) is 0. The van der Waals surface area contributed by atoms with Crippen LogP contribution in [-0.2, 0) is 28.6 Å². The maximum absolute atomic E-state index is 11.6. The Morgan fingerprint density at radius 3 is 1.54 bits per heavy atom. The lowest BCUT2D eigenvalue weighted by atomic mass is 9.70. The molecular weight excluding hydrogens is 484 g/mol. The highest BCUT2D eigenvalue weighted by molar-refractivity contribution is 5.73. The van der Waals surface area contributed by atoms with Crippen LogP contribution in [0.4, 0.5) is 0 Å². The molecule has 2 atom stereocenters. The molecule has 0 bridgehead atoms. The first-order valence-corrected chi connectivity index (χ1v) is 13.0. The molecule has 0 amide bonds. The summed E-state index contributed by atoms with van der Waals surface area (Å²) in [5, 5.41) is 41.8. The van der Waals surface area contributed by atoms with Crippen molar-refractivity contribution in [3.63, 3.8) is 0 Å². The van der Waals surface area contributed by atoms with Crippen molar-refractivity contribution in [2.75, 3.05) is 20.8 Å². The summed E-state index contributed by atoms with van der Waals surface area (Å²) < 4.78 is 15.5. The van der Waals surface area contributed by atoms with Crippen LogP contribution in [0.15, 0.2) is 22.7 Å². The standard InChI is InChI=1S/C27H44O10/c1-19-21(15-13-11-9-7-5-6-8-10-12-14-16-37-20(2)28)27(34,18-23(31)32)25(36-4)24(35-3)26(19,33)17-22(29)30/h33-34H,5-18H2,1-4H3,(H,29,30)(H,31,32). The van der Waals surface area contributed by atoms with Gasteiger partial charge >= 0.3 is 17.9 Å². The molecule has 10 heteroatoms. The summed E-state index contributed by atoms with van der Waals surface area (Å²) in [6.07, 6.45) is 8.72. The van der Waals surface area contributed by atoms with E-state index in [1.54, 1.807) is 0 Å². The van der Waals surface area contributed by atoms with E-state index >= 15 is 0 Å². The van der Waals surface area contributed by atoms with Gasteiger partial charge in [0.15, 0.2) is 22.7 Å². The van der Waals surface area contributed by atoms with Gasteiger partial charge in [-0.3, -0.25) is 14.4 Å². The number of unbranched alkanes of at least 4 members (excludes halogenated alkanes) is 9. The van der Waals surface area contributed by atoms with Crippen LogP contribution in [0.25, 0.3) is 0 Å². The quantitative estimate of drug-likeness (QED) is 0.109. The van der Waals surface area contributed by atoms with Gasteiger partial charge in [-0.25, -0.2) is 0 Å². The number of rotatable bonds is 19. The molecule has 0 saturated carbocycles. The van der Waals surface area contributed by atoms with E-state index in [2.05, 4.69) is 0 Å². The number of carbonyl (C=O) groups excluding carboxylic acids is 1. The van der Waals surface area contributed by atoms with Crippen LogP contribution >= 0.6 is 0 Å². The van der Waals surface area contributed by atoms with Crippen molar-refractivity contribution < 1.29 is 49.0 Å².